The fourth-order valence-electron chi connectivity index (χ4n) is 2.00. The third-order valence-corrected chi connectivity index (χ3v) is 3.05. The molecule has 2 N–H and O–H groups in total. The van der Waals surface area contributed by atoms with Gasteiger partial charge >= 0.3 is 0 Å². The highest BCUT2D eigenvalue weighted by Gasteiger charge is 2.16. The van der Waals surface area contributed by atoms with Gasteiger partial charge < -0.3 is 10.2 Å². The van der Waals surface area contributed by atoms with E-state index in [0.717, 1.165) is 18.2 Å². The van der Waals surface area contributed by atoms with Gasteiger partial charge in [0.05, 0.1) is 5.56 Å². The van der Waals surface area contributed by atoms with E-state index in [9.17, 15) is 15.0 Å². The standard InChI is InChI=1S/C15H16O3/c1-2-3-8-13(16)12-9-10-6-4-5-7-11(10)14(17)15(12)18/h4-7,9,17-18H,2-3,8H2,1H3. The van der Waals surface area contributed by atoms with Crippen LogP contribution >= 0.6 is 0 Å². The Kier molecular flexibility index (Phi) is 3.51. The Morgan fingerprint density at radius 3 is 2.61 bits per heavy atom. The number of carbonyl (C=O) groups is 1. The molecule has 0 aliphatic carbocycles. The number of Topliss-reactive ketones (excluding diaryl/α,β-unsaturated/α-hetero) is 1. The van der Waals surface area contributed by atoms with Gasteiger partial charge in [0.2, 0.25) is 0 Å². The average molecular weight is 244 g/mol. The summed E-state index contributed by atoms with van der Waals surface area (Å²) in [6.07, 6.45) is 2.10. The lowest BCUT2D eigenvalue weighted by Gasteiger charge is -2.08. The second kappa shape index (κ2) is 5.08. The van der Waals surface area contributed by atoms with Crippen LogP contribution in [0.25, 0.3) is 10.8 Å². The van der Waals surface area contributed by atoms with E-state index in [0.29, 0.717) is 11.8 Å². The van der Waals surface area contributed by atoms with E-state index in [2.05, 4.69) is 0 Å². The van der Waals surface area contributed by atoms with E-state index < -0.39 is 0 Å². The number of hydrogen-bond acceptors (Lipinski definition) is 3. The fourth-order valence-corrected chi connectivity index (χ4v) is 2.00. The average Bonchev–Trinajstić information content (AvgIpc) is 2.40. The van der Waals surface area contributed by atoms with Gasteiger partial charge in [-0.15, -0.1) is 0 Å². The van der Waals surface area contributed by atoms with Gasteiger partial charge in [-0.25, -0.2) is 0 Å². The first-order chi connectivity index (χ1) is 8.65. The molecule has 2 rings (SSSR count). The summed E-state index contributed by atoms with van der Waals surface area (Å²) in [6.45, 7) is 2.00. The highest BCUT2D eigenvalue weighted by molar-refractivity contribution is 6.05. The van der Waals surface area contributed by atoms with E-state index in [1.807, 2.05) is 19.1 Å². The van der Waals surface area contributed by atoms with Gasteiger partial charge in [-0.2, -0.15) is 0 Å². The number of hydrogen-bond donors (Lipinski definition) is 2. The molecule has 2 aromatic rings. The van der Waals surface area contributed by atoms with Crippen molar-refractivity contribution >= 4 is 16.6 Å². The lowest BCUT2D eigenvalue weighted by atomic mass is 9.99. The number of aromatic hydroxyl groups is 2. The van der Waals surface area contributed by atoms with E-state index in [4.69, 9.17) is 0 Å². The first-order valence-electron chi connectivity index (χ1n) is 6.12. The molecule has 0 unspecified atom stereocenters. The predicted molar refractivity (Wildman–Crippen MR) is 71.1 cm³/mol. The molecular formula is C15H16O3. The van der Waals surface area contributed by atoms with Crippen molar-refractivity contribution in [2.24, 2.45) is 0 Å². The smallest absolute Gasteiger partial charge is 0.169 e. The van der Waals surface area contributed by atoms with Crippen LogP contribution in [0.3, 0.4) is 0 Å². The molecule has 0 heterocycles. The van der Waals surface area contributed by atoms with Crippen molar-refractivity contribution in [2.45, 2.75) is 26.2 Å². The minimum absolute atomic E-state index is 0.129. The fraction of sp³-hybridized carbons (Fsp3) is 0.267. The second-order valence-corrected chi connectivity index (χ2v) is 4.37. The van der Waals surface area contributed by atoms with Gasteiger partial charge in [-0.3, -0.25) is 4.79 Å². The van der Waals surface area contributed by atoms with E-state index in [1.54, 1.807) is 18.2 Å². The molecule has 0 radical (unpaired) electrons. The summed E-state index contributed by atoms with van der Waals surface area (Å²) in [4.78, 5) is 11.9. The largest absolute Gasteiger partial charge is 0.504 e. The summed E-state index contributed by atoms with van der Waals surface area (Å²) in [7, 11) is 0. The Hall–Kier alpha value is -2.03. The Bertz CT molecular complexity index is 588. The number of phenolic OH excluding ortho intramolecular Hbond substituents is 2. The number of ketones is 1. The number of carbonyl (C=O) groups excluding carboxylic acids is 1. The lowest BCUT2D eigenvalue weighted by molar-refractivity contribution is 0.0976. The number of unbranched alkanes of at least 4 members (excludes halogenated alkanes) is 1. The zero-order chi connectivity index (χ0) is 13.1. The molecule has 3 nitrogen and oxygen atoms in total. The number of fused-ring (bicyclic) bond motifs is 1. The summed E-state index contributed by atoms with van der Waals surface area (Å²) in [5, 5.41) is 21.1. The molecule has 0 saturated heterocycles. The number of rotatable bonds is 4. The van der Waals surface area contributed by atoms with Crippen LogP contribution in [0.1, 0.15) is 36.5 Å². The molecule has 0 saturated carbocycles. The van der Waals surface area contributed by atoms with Gasteiger partial charge in [0.25, 0.3) is 0 Å². The van der Waals surface area contributed by atoms with Crippen molar-refractivity contribution in [1.29, 1.82) is 0 Å². The molecule has 0 spiro atoms. The Balaban J connectivity index is 2.51. The normalized spacial score (nSPS) is 10.7. The molecule has 0 bridgehead atoms. The maximum absolute atomic E-state index is 11.9. The lowest BCUT2D eigenvalue weighted by Crippen LogP contribution is -1.99. The van der Waals surface area contributed by atoms with Gasteiger partial charge in [-0.05, 0) is 17.9 Å². The summed E-state index contributed by atoms with van der Waals surface area (Å²) in [6, 6.07) is 8.78. The minimum Gasteiger partial charge on any atom is -0.504 e. The molecule has 0 atom stereocenters. The van der Waals surface area contributed by atoms with E-state index in [-0.39, 0.29) is 22.8 Å². The molecule has 94 valence electrons. The van der Waals surface area contributed by atoms with E-state index >= 15 is 0 Å². The van der Waals surface area contributed by atoms with Crippen LogP contribution in [-0.4, -0.2) is 16.0 Å². The molecule has 0 amide bonds. The van der Waals surface area contributed by atoms with Crippen LogP contribution in [0.4, 0.5) is 0 Å². The predicted octanol–water partition coefficient (Wildman–Crippen LogP) is 3.62. The molecule has 2 aromatic carbocycles. The van der Waals surface area contributed by atoms with Crippen LogP contribution in [0.2, 0.25) is 0 Å². The van der Waals surface area contributed by atoms with Crippen molar-refractivity contribution in [1.82, 2.24) is 0 Å². The number of phenols is 2. The zero-order valence-electron chi connectivity index (χ0n) is 10.3. The first kappa shape index (κ1) is 12.4. The van der Waals surface area contributed by atoms with Crippen LogP contribution < -0.4 is 0 Å². The Morgan fingerprint density at radius 1 is 1.17 bits per heavy atom. The second-order valence-electron chi connectivity index (χ2n) is 4.37. The first-order valence-corrected chi connectivity index (χ1v) is 6.12. The minimum atomic E-state index is -0.310. The zero-order valence-corrected chi connectivity index (χ0v) is 10.3. The molecule has 18 heavy (non-hydrogen) atoms. The van der Waals surface area contributed by atoms with Gasteiger partial charge in [0, 0.05) is 11.8 Å². The molecule has 0 fully saturated rings. The van der Waals surface area contributed by atoms with E-state index in [1.165, 1.54) is 0 Å². The van der Waals surface area contributed by atoms with Crippen molar-refractivity contribution in [2.75, 3.05) is 0 Å². The molecule has 3 heteroatoms. The summed E-state index contributed by atoms with van der Waals surface area (Å²) in [5.74, 6) is -0.654. The topological polar surface area (TPSA) is 57.5 Å². The quantitative estimate of drug-likeness (QED) is 0.638. The van der Waals surface area contributed by atoms with Gasteiger partial charge in [0.15, 0.2) is 17.3 Å². The third-order valence-electron chi connectivity index (χ3n) is 3.05. The van der Waals surface area contributed by atoms with Gasteiger partial charge in [-0.1, -0.05) is 37.6 Å². The highest BCUT2D eigenvalue weighted by Crippen LogP contribution is 2.37. The highest BCUT2D eigenvalue weighted by atomic mass is 16.3. The summed E-state index contributed by atoms with van der Waals surface area (Å²) >= 11 is 0. The SMILES string of the molecule is CCCCC(=O)c1cc2ccccc2c(O)c1O. The van der Waals surface area contributed by atoms with Crippen molar-refractivity contribution in [3.8, 4) is 11.5 Å². The summed E-state index contributed by atoms with van der Waals surface area (Å²) in [5.41, 5.74) is 0.208. The maximum atomic E-state index is 11.9. The molecular weight excluding hydrogens is 228 g/mol. The Labute approximate surface area is 106 Å². The van der Waals surface area contributed by atoms with Crippen LogP contribution in [-0.2, 0) is 0 Å². The Morgan fingerprint density at radius 2 is 1.89 bits per heavy atom. The monoisotopic (exact) mass is 244 g/mol. The molecule has 0 aromatic heterocycles. The summed E-state index contributed by atoms with van der Waals surface area (Å²) < 4.78 is 0. The van der Waals surface area contributed by atoms with Gasteiger partial charge in [0.1, 0.15) is 0 Å². The van der Waals surface area contributed by atoms with Crippen molar-refractivity contribution in [3.05, 3.63) is 35.9 Å². The number of benzene rings is 2. The maximum Gasteiger partial charge on any atom is 0.169 e. The van der Waals surface area contributed by atoms with Crippen molar-refractivity contribution in [3.63, 3.8) is 0 Å². The molecule has 0 aliphatic heterocycles. The van der Waals surface area contributed by atoms with Crippen LogP contribution in [0, 0.1) is 0 Å². The van der Waals surface area contributed by atoms with Crippen LogP contribution in [0.15, 0.2) is 30.3 Å². The third kappa shape index (κ3) is 2.16. The van der Waals surface area contributed by atoms with Crippen molar-refractivity contribution < 1.29 is 15.0 Å². The molecule has 0 aliphatic rings. The van der Waals surface area contributed by atoms with Crippen LogP contribution in [0.5, 0.6) is 11.5 Å².